The molecule has 1 spiro atoms. The van der Waals surface area contributed by atoms with E-state index in [1.165, 1.54) is 11.3 Å². The molecule has 2 N–H and O–H groups in total. The van der Waals surface area contributed by atoms with E-state index in [4.69, 9.17) is 9.97 Å². The SMILES string of the molecule is OCCN1CCC2(CCc3c(NCCn4cccn4)nc(-c4ccccc4)nc32)CC1. The van der Waals surface area contributed by atoms with E-state index in [0.717, 1.165) is 75.6 Å². The zero-order valence-electron chi connectivity index (χ0n) is 17.9. The smallest absolute Gasteiger partial charge is 0.161 e. The van der Waals surface area contributed by atoms with E-state index >= 15 is 0 Å². The number of rotatable bonds is 7. The lowest BCUT2D eigenvalue weighted by Crippen LogP contribution is -2.43. The van der Waals surface area contributed by atoms with Crippen molar-refractivity contribution >= 4 is 5.82 Å². The van der Waals surface area contributed by atoms with Crippen LogP contribution in [0.15, 0.2) is 48.8 Å². The third-order valence-electron chi connectivity index (χ3n) is 6.82. The van der Waals surface area contributed by atoms with Crippen LogP contribution in [0.3, 0.4) is 0 Å². The van der Waals surface area contributed by atoms with E-state index in [1.54, 1.807) is 0 Å². The predicted molar refractivity (Wildman–Crippen MR) is 121 cm³/mol. The first kappa shape index (κ1) is 20.2. The Morgan fingerprint density at radius 1 is 1.00 bits per heavy atom. The third-order valence-corrected chi connectivity index (χ3v) is 6.82. The van der Waals surface area contributed by atoms with E-state index in [0.29, 0.717) is 0 Å². The largest absolute Gasteiger partial charge is 0.395 e. The van der Waals surface area contributed by atoms with Gasteiger partial charge in [-0.15, -0.1) is 0 Å². The fraction of sp³-hybridized carbons (Fsp3) is 0.458. The highest BCUT2D eigenvalue weighted by Gasteiger charge is 2.44. The van der Waals surface area contributed by atoms with Crippen molar-refractivity contribution < 1.29 is 5.11 Å². The van der Waals surface area contributed by atoms with Gasteiger partial charge in [-0.3, -0.25) is 4.68 Å². The monoisotopic (exact) mass is 418 g/mol. The van der Waals surface area contributed by atoms with Crippen LogP contribution < -0.4 is 5.32 Å². The molecule has 7 nitrogen and oxygen atoms in total. The van der Waals surface area contributed by atoms with Gasteiger partial charge in [0.2, 0.25) is 0 Å². The van der Waals surface area contributed by atoms with Gasteiger partial charge in [-0.1, -0.05) is 30.3 Å². The quantitative estimate of drug-likeness (QED) is 0.614. The molecule has 0 radical (unpaired) electrons. The minimum atomic E-state index is 0.131. The lowest BCUT2D eigenvalue weighted by atomic mass is 9.76. The average Bonchev–Trinajstić information content (AvgIpc) is 3.45. The van der Waals surface area contributed by atoms with Gasteiger partial charge in [-0.05, 0) is 44.8 Å². The van der Waals surface area contributed by atoms with Crippen LogP contribution in [0.2, 0.25) is 0 Å². The maximum Gasteiger partial charge on any atom is 0.161 e. The van der Waals surface area contributed by atoms with Crippen molar-refractivity contribution in [3.8, 4) is 11.4 Å². The molecule has 0 atom stereocenters. The highest BCUT2D eigenvalue weighted by Crippen LogP contribution is 2.47. The number of hydrogen-bond donors (Lipinski definition) is 2. The van der Waals surface area contributed by atoms with E-state index in [-0.39, 0.29) is 12.0 Å². The van der Waals surface area contributed by atoms with Crippen molar-refractivity contribution in [3.05, 3.63) is 60.0 Å². The van der Waals surface area contributed by atoms with Gasteiger partial charge < -0.3 is 15.3 Å². The molecule has 5 rings (SSSR count). The van der Waals surface area contributed by atoms with Gasteiger partial charge in [-0.2, -0.15) is 5.10 Å². The van der Waals surface area contributed by atoms with Crippen LogP contribution in [0, 0.1) is 0 Å². The molecule has 0 amide bonds. The van der Waals surface area contributed by atoms with Gasteiger partial charge in [0.1, 0.15) is 5.82 Å². The summed E-state index contributed by atoms with van der Waals surface area (Å²) in [5, 5.41) is 17.2. The third kappa shape index (κ3) is 4.07. The number of aromatic nitrogens is 4. The normalized spacial score (nSPS) is 17.7. The molecule has 162 valence electrons. The van der Waals surface area contributed by atoms with Crippen LogP contribution in [0.4, 0.5) is 5.82 Å². The second-order valence-corrected chi connectivity index (χ2v) is 8.63. The van der Waals surface area contributed by atoms with Crippen LogP contribution in [0.25, 0.3) is 11.4 Å². The summed E-state index contributed by atoms with van der Waals surface area (Å²) in [6.07, 6.45) is 8.14. The number of β-amino-alcohol motifs (C(OH)–C–C–N with tert-alkyl or cyclic N) is 1. The van der Waals surface area contributed by atoms with Crippen molar-refractivity contribution in [1.29, 1.82) is 0 Å². The van der Waals surface area contributed by atoms with Gasteiger partial charge in [-0.25, -0.2) is 9.97 Å². The Balaban J connectivity index is 1.45. The number of anilines is 1. The molecule has 2 aliphatic rings. The Labute approximate surface area is 183 Å². The number of likely N-dealkylation sites (tertiary alicyclic amines) is 1. The zero-order valence-corrected chi connectivity index (χ0v) is 17.9. The van der Waals surface area contributed by atoms with Crippen LogP contribution >= 0.6 is 0 Å². The van der Waals surface area contributed by atoms with Crippen molar-refractivity contribution in [2.45, 2.75) is 37.6 Å². The second kappa shape index (κ2) is 8.77. The molecule has 0 unspecified atom stereocenters. The standard InChI is InChI=1S/C24H30N6O/c31-18-17-29-14-9-24(10-15-29)8-7-20-21(24)27-22(19-5-2-1-3-6-19)28-23(20)25-12-16-30-13-4-11-26-30/h1-6,11,13,31H,7-10,12,14-18H2,(H,25,27,28). The van der Waals surface area contributed by atoms with Crippen LogP contribution in [-0.4, -0.2) is 62.5 Å². The summed E-state index contributed by atoms with van der Waals surface area (Å²) in [5.41, 5.74) is 3.72. The number of aliphatic hydroxyl groups excluding tert-OH is 1. The number of piperidine rings is 1. The first-order valence-corrected chi connectivity index (χ1v) is 11.3. The molecular formula is C24H30N6O. The van der Waals surface area contributed by atoms with Gasteiger partial charge >= 0.3 is 0 Å². The lowest BCUT2D eigenvalue weighted by molar-refractivity contribution is 0.129. The maximum absolute atomic E-state index is 9.31. The molecule has 1 aliphatic heterocycles. The number of nitrogens with one attached hydrogen (secondary N) is 1. The van der Waals surface area contributed by atoms with E-state index < -0.39 is 0 Å². The molecule has 1 aliphatic carbocycles. The molecule has 1 fully saturated rings. The molecule has 7 heteroatoms. The van der Waals surface area contributed by atoms with Crippen molar-refractivity contribution in [3.63, 3.8) is 0 Å². The van der Waals surface area contributed by atoms with Crippen LogP contribution in [0.5, 0.6) is 0 Å². The van der Waals surface area contributed by atoms with Crippen molar-refractivity contribution in [2.75, 3.05) is 38.1 Å². The van der Waals surface area contributed by atoms with Crippen LogP contribution in [0.1, 0.15) is 30.5 Å². The number of fused-ring (bicyclic) bond motifs is 2. The fourth-order valence-corrected chi connectivity index (χ4v) is 5.06. The summed E-state index contributed by atoms with van der Waals surface area (Å²) < 4.78 is 1.94. The molecule has 1 saturated heterocycles. The predicted octanol–water partition coefficient (Wildman–Crippen LogP) is 2.72. The van der Waals surface area contributed by atoms with Gasteiger partial charge in [0.15, 0.2) is 5.82 Å². The van der Waals surface area contributed by atoms with Crippen molar-refractivity contribution in [1.82, 2.24) is 24.6 Å². The number of benzene rings is 1. The summed E-state index contributed by atoms with van der Waals surface area (Å²) >= 11 is 0. The summed E-state index contributed by atoms with van der Waals surface area (Å²) in [4.78, 5) is 12.5. The minimum absolute atomic E-state index is 0.131. The lowest BCUT2D eigenvalue weighted by Gasteiger charge is -2.39. The molecule has 0 bridgehead atoms. The molecule has 2 aromatic heterocycles. The molecule has 31 heavy (non-hydrogen) atoms. The summed E-state index contributed by atoms with van der Waals surface area (Å²) in [6, 6.07) is 12.2. The number of aliphatic hydroxyl groups is 1. The molecular weight excluding hydrogens is 388 g/mol. The molecule has 3 heterocycles. The highest BCUT2D eigenvalue weighted by atomic mass is 16.3. The molecule has 3 aromatic rings. The zero-order chi connectivity index (χ0) is 21.1. The summed E-state index contributed by atoms with van der Waals surface area (Å²) in [6.45, 7) is 4.61. The average molecular weight is 419 g/mol. The first-order chi connectivity index (χ1) is 15.3. The summed E-state index contributed by atoms with van der Waals surface area (Å²) in [7, 11) is 0. The van der Waals surface area contributed by atoms with Gasteiger partial charge in [0, 0.05) is 42.0 Å². The number of hydrogen-bond acceptors (Lipinski definition) is 6. The van der Waals surface area contributed by atoms with Crippen molar-refractivity contribution in [2.24, 2.45) is 0 Å². The van der Waals surface area contributed by atoms with E-state index in [2.05, 4.69) is 27.4 Å². The Kier molecular flexibility index (Phi) is 5.70. The van der Waals surface area contributed by atoms with E-state index in [1.807, 2.05) is 41.3 Å². The maximum atomic E-state index is 9.31. The molecule has 1 aromatic carbocycles. The molecule has 0 saturated carbocycles. The first-order valence-electron chi connectivity index (χ1n) is 11.3. The minimum Gasteiger partial charge on any atom is -0.395 e. The van der Waals surface area contributed by atoms with E-state index in [9.17, 15) is 5.11 Å². The highest BCUT2D eigenvalue weighted by molar-refractivity contribution is 5.62. The van der Waals surface area contributed by atoms with Gasteiger partial charge in [0.05, 0.1) is 18.8 Å². The topological polar surface area (TPSA) is 79.1 Å². The van der Waals surface area contributed by atoms with Gasteiger partial charge in [0.25, 0.3) is 0 Å². The Bertz CT molecular complexity index is 996. The Hall–Kier alpha value is -2.77. The number of nitrogens with zero attached hydrogens (tertiary/aromatic N) is 5. The Morgan fingerprint density at radius 2 is 1.84 bits per heavy atom. The Morgan fingerprint density at radius 3 is 2.58 bits per heavy atom. The second-order valence-electron chi connectivity index (χ2n) is 8.63. The summed E-state index contributed by atoms with van der Waals surface area (Å²) in [5.74, 6) is 1.78. The fourth-order valence-electron chi connectivity index (χ4n) is 5.06. The van der Waals surface area contributed by atoms with Crippen LogP contribution in [-0.2, 0) is 18.4 Å².